The minimum Gasteiger partial charge on any atom is -0.440 e. The topological polar surface area (TPSA) is 74.8 Å². The van der Waals surface area contributed by atoms with Gasteiger partial charge in [0, 0.05) is 27.2 Å². The molecule has 0 saturated carbocycles. The number of halogens is 1. The predicted molar refractivity (Wildman–Crippen MR) is 93.8 cm³/mol. The molecule has 1 unspecified atom stereocenters. The van der Waals surface area contributed by atoms with Crippen LogP contribution in [0.25, 0.3) is 10.9 Å². The Morgan fingerprint density at radius 3 is 2.83 bits per heavy atom. The van der Waals surface area contributed by atoms with E-state index in [0.29, 0.717) is 16.3 Å². The molecule has 1 aliphatic rings. The molecule has 1 atom stereocenters. The van der Waals surface area contributed by atoms with E-state index in [1.807, 2.05) is 37.3 Å². The Morgan fingerprint density at radius 2 is 2.04 bits per heavy atom. The van der Waals surface area contributed by atoms with E-state index in [1.165, 1.54) is 0 Å². The molecule has 0 saturated heterocycles. The zero-order valence-electron chi connectivity index (χ0n) is 12.9. The average molecular weight is 336 g/mol. The first kappa shape index (κ1) is 14.7. The van der Waals surface area contributed by atoms with Gasteiger partial charge >= 0.3 is 0 Å². The maximum atomic E-state index is 9.68. The molecule has 0 spiro atoms. The van der Waals surface area contributed by atoms with Gasteiger partial charge in [-0.3, -0.25) is 0 Å². The highest BCUT2D eigenvalue weighted by Gasteiger charge is 2.33. The largest absolute Gasteiger partial charge is 0.440 e. The van der Waals surface area contributed by atoms with Gasteiger partial charge in [0.2, 0.25) is 5.88 Å². The third-order valence-electron chi connectivity index (χ3n) is 4.41. The summed E-state index contributed by atoms with van der Waals surface area (Å²) in [4.78, 5) is 3.38. The normalized spacial score (nSPS) is 16.6. The molecular formula is C19H14ClN3O. The van der Waals surface area contributed by atoms with Crippen molar-refractivity contribution in [2.45, 2.75) is 12.8 Å². The summed E-state index contributed by atoms with van der Waals surface area (Å²) in [5.74, 6) is 0.459. The van der Waals surface area contributed by atoms with E-state index < -0.39 is 0 Å². The zero-order chi connectivity index (χ0) is 16.8. The summed E-state index contributed by atoms with van der Waals surface area (Å²) in [6, 6.07) is 15.6. The second-order valence-electron chi connectivity index (χ2n) is 5.82. The molecule has 4 nitrogen and oxygen atoms in total. The number of benzene rings is 2. The monoisotopic (exact) mass is 335 g/mol. The Kier molecular flexibility index (Phi) is 3.26. The van der Waals surface area contributed by atoms with Gasteiger partial charge < -0.3 is 15.5 Å². The van der Waals surface area contributed by atoms with Crippen LogP contribution in [-0.2, 0) is 0 Å². The van der Waals surface area contributed by atoms with E-state index in [1.54, 1.807) is 12.1 Å². The summed E-state index contributed by atoms with van der Waals surface area (Å²) in [6.45, 7) is 2.00. The summed E-state index contributed by atoms with van der Waals surface area (Å²) in [7, 11) is 0. The Morgan fingerprint density at radius 1 is 1.25 bits per heavy atom. The van der Waals surface area contributed by atoms with Crippen molar-refractivity contribution in [1.82, 2.24) is 4.98 Å². The van der Waals surface area contributed by atoms with Gasteiger partial charge in [-0.2, -0.15) is 5.26 Å². The molecule has 1 aromatic heterocycles. The highest BCUT2D eigenvalue weighted by molar-refractivity contribution is 6.30. The van der Waals surface area contributed by atoms with Crippen molar-refractivity contribution in [2.24, 2.45) is 5.73 Å². The van der Waals surface area contributed by atoms with Crippen molar-refractivity contribution in [3.05, 3.63) is 75.8 Å². The number of aromatic amines is 1. The number of nitrogens with zero attached hydrogens (tertiary/aromatic N) is 1. The van der Waals surface area contributed by atoms with E-state index in [4.69, 9.17) is 22.1 Å². The number of hydrogen-bond donors (Lipinski definition) is 2. The van der Waals surface area contributed by atoms with Gasteiger partial charge in [-0.1, -0.05) is 29.8 Å². The van der Waals surface area contributed by atoms with Crippen molar-refractivity contribution >= 4 is 22.5 Å². The average Bonchev–Trinajstić information content (AvgIpc) is 2.89. The molecule has 118 valence electrons. The zero-order valence-corrected chi connectivity index (χ0v) is 13.7. The van der Waals surface area contributed by atoms with Gasteiger partial charge in [0.1, 0.15) is 17.4 Å². The Bertz CT molecular complexity index is 1040. The summed E-state index contributed by atoms with van der Waals surface area (Å²) in [6.07, 6.45) is 0. The molecule has 2 heterocycles. The maximum Gasteiger partial charge on any atom is 0.205 e. The molecule has 0 aliphatic carbocycles. The van der Waals surface area contributed by atoms with Crippen LogP contribution in [0, 0.1) is 18.3 Å². The van der Waals surface area contributed by atoms with E-state index in [0.717, 1.165) is 27.7 Å². The molecule has 0 fully saturated rings. The van der Waals surface area contributed by atoms with Crippen LogP contribution in [-0.4, -0.2) is 4.98 Å². The lowest BCUT2D eigenvalue weighted by atomic mass is 9.82. The minimum absolute atomic E-state index is 0.141. The lowest BCUT2D eigenvalue weighted by Gasteiger charge is -2.26. The first-order valence-electron chi connectivity index (χ1n) is 7.54. The molecule has 24 heavy (non-hydrogen) atoms. The number of aromatic nitrogens is 1. The fraction of sp³-hybridized carbons (Fsp3) is 0.105. The number of nitriles is 1. The summed E-state index contributed by atoms with van der Waals surface area (Å²) >= 11 is 6.20. The van der Waals surface area contributed by atoms with Gasteiger partial charge in [-0.25, -0.2) is 0 Å². The molecule has 0 amide bonds. The number of aryl methyl sites for hydroxylation is 1. The Hall–Kier alpha value is -2.90. The minimum atomic E-state index is -0.311. The molecule has 2 aromatic carbocycles. The van der Waals surface area contributed by atoms with Crippen LogP contribution in [0.3, 0.4) is 0 Å². The van der Waals surface area contributed by atoms with Crippen LogP contribution in [0.4, 0.5) is 0 Å². The number of allylic oxidation sites excluding steroid dienone is 1. The highest BCUT2D eigenvalue weighted by Crippen LogP contribution is 2.46. The number of para-hydroxylation sites is 1. The summed E-state index contributed by atoms with van der Waals surface area (Å²) in [5.41, 5.74) is 10.3. The number of ether oxygens (including phenoxy) is 1. The Labute approximate surface area is 144 Å². The lowest BCUT2D eigenvalue weighted by Crippen LogP contribution is -2.21. The van der Waals surface area contributed by atoms with Crippen molar-refractivity contribution in [3.63, 3.8) is 0 Å². The van der Waals surface area contributed by atoms with Crippen LogP contribution in [0.5, 0.6) is 5.75 Å². The molecule has 3 N–H and O–H groups in total. The van der Waals surface area contributed by atoms with Crippen LogP contribution < -0.4 is 10.5 Å². The van der Waals surface area contributed by atoms with Crippen LogP contribution >= 0.6 is 11.6 Å². The first-order chi connectivity index (χ1) is 11.6. The van der Waals surface area contributed by atoms with E-state index >= 15 is 0 Å². The third-order valence-corrected chi connectivity index (χ3v) is 4.64. The van der Waals surface area contributed by atoms with Crippen LogP contribution in [0.2, 0.25) is 5.02 Å². The van der Waals surface area contributed by atoms with Crippen molar-refractivity contribution < 1.29 is 4.74 Å². The number of nitrogens with two attached hydrogens (primary N) is 1. The van der Waals surface area contributed by atoms with Crippen molar-refractivity contribution in [2.75, 3.05) is 0 Å². The quantitative estimate of drug-likeness (QED) is 0.694. The number of H-pyrrole nitrogens is 1. The fourth-order valence-electron chi connectivity index (χ4n) is 3.40. The molecule has 4 rings (SSSR count). The molecule has 0 bridgehead atoms. The van der Waals surface area contributed by atoms with Crippen molar-refractivity contribution in [3.8, 4) is 11.8 Å². The van der Waals surface area contributed by atoms with Gasteiger partial charge in [-0.05, 0) is 36.8 Å². The van der Waals surface area contributed by atoms with Gasteiger partial charge in [0.15, 0.2) is 0 Å². The smallest absolute Gasteiger partial charge is 0.205 e. The second kappa shape index (κ2) is 5.33. The van der Waals surface area contributed by atoms with Gasteiger partial charge in [0.05, 0.1) is 5.92 Å². The molecule has 0 radical (unpaired) electrons. The number of nitrogens with one attached hydrogen (secondary N) is 1. The third kappa shape index (κ3) is 2.06. The number of hydrogen-bond acceptors (Lipinski definition) is 3. The SMILES string of the molecule is Cc1[nH]c2ccccc2c1C1C(C#N)=C(N)Oc2ccc(Cl)cc21. The molecule has 5 heteroatoms. The summed E-state index contributed by atoms with van der Waals surface area (Å²) in [5, 5.41) is 11.3. The van der Waals surface area contributed by atoms with E-state index in [9.17, 15) is 5.26 Å². The Balaban J connectivity index is 2.07. The predicted octanol–water partition coefficient (Wildman–Crippen LogP) is 4.35. The standard InChI is InChI=1S/C19H14ClN3O/c1-10-17(12-4-2-3-5-15(12)23-10)18-13-8-11(20)6-7-16(13)24-19(22)14(18)9-21/h2-8,18,23H,22H2,1H3. The maximum absolute atomic E-state index is 9.68. The van der Waals surface area contributed by atoms with Crippen molar-refractivity contribution in [1.29, 1.82) is 5.26 Å². The molecular weight excluding hydrogens is 322 g/mol. The van der Waals surface area contributed by atoms with Gasteiger partial charge in [0.25, 0.3) is 0 Å². The second-order valence-corrected chi connectivity index (χ2v) is 6.25. The van der Waals surface area contributed by atoms with E-state index in [2.05, 4.69) is 11.1 Å². The number of rotatable bonds is 1. The fourth-order valence-corrected chi connectivity index (χ4v) is 3.58. The lowest BCUT2D eigenvalue weighted by molar-refractivity contribution is 0.394. The molecule has 1 aliphatic heterocycles. The van der Waals surface area contributed by atoms with Crippen LogP contribution in [0.1, 0.15) is 22.7 Å². The van der Waals surface area contributed by atoms with Crippen LogP contribution in [0.15, 0.2) is 53.9 Å². The van der Waals surface area contributed by atoms with E-state index in [-0.39, 0.29) is 11.8 Å². The molecule has 3 aromatic rings. The number of fused-ring (bicyclic) bond motifs is 2. The summed E-state index contributed by atoms with van der Waals surface area (Å²) < 4.78 is 5.64. The van der Waals surface area contributed by atoms with Gasteiger partial charge in [-0.15, -0.1) is 0 Å². The highest BCUT2D eigenvalue weighted by atomic mass is 35.5. The first-order valence-corrected chi connectivity index (χ1v) is 7.92.